The predicted molar refractivity (Wildman–Crippen MR) is 97.4 cm³/mol. The van der Waals surface area contributed by atoms with Crippen molar-refractivity contribution in [3.8, 4) is 0 Å². The maximum atomic E-state index is 12.5. The number of aromatic nitrogens is 1. The number of nitrogens with one attached hydrogen (secondary N) is 2. The van der Waals surface area contributed by atoms with Gasteiger partial charge in [0, 0.05) is 43.2 Å². The molecule has 25 heavy (non-hydrogen) atoms. The number of pyridine rings is 1. The van der Waals surface area contributed by atoms with E-state index < -0.39 is 0 Å². The van der Waals surface area contributed by atoms with Crippen molar-refractivity contribution >= 4 is 16.9 Å². The third kappa shape index (κ3) is 4.02. The summed E-state index contributed by atoms with van der Waals surface area (Å²) in [7, 11) is 1.81. The van der Waals surface area contributed by atoms with E-state index in [1.54, 1.807) is 4.90 Å². The van der Waals surface area contributed by atoms with E-state index in [9.17, 15) is 14.7 Å². The fourth-order valence-electron chi connectivity index (χ4n) is 3.60. The van der Waals surface area contributed by atoms with Crippen molar-refractivity contribution in [2.45, 2.75) is 38.3 Å². The number of fused-ring (bicyclic) bond motifs is 1. The Hall–Kier alpha value is -2.34. The van der Waals surface area contributed by atoms with Gasteiger partial charge in [-0.2, -0.15) is 0 Å². The number of hydrogen-bond donors (Lipinski definition) is 3. The van der Waals surface area contributed by atoms with Crippen molar-refractivity contribution in [3.63, 3.8) is 0 Å². The van der Waals surface area contributed by atoms with E-state index in [1.165, 1.54) is 6.07 Å². The first-order valence-corrected chi connectivity index (χ1v) is 8.81. The normalized spacial score (nSPS) is 20.4. The van der Waals surface area contributed by atoms with E-state index >= 15 is 0 Å². The highest BCUT2D eigenvalue weighted by molar-refractivity contribution is 5.82. The standard InChI is InChI=1S/C19H25N3O3/c1-22(15-8-6-13(12-23)7-9-15)19(25)20-11-14-10-18(24)21-17-5-3-2-4-16(14)17/h2-5,10,13,15,23H,6-9,11-12H2,1H3,(H,20,25)(H,21,24). The number of urea groups is 1. The number of aromatic amines is 1. The van der Waals surface area contributed by atoms with Crippen molar-refractivity contribution in [2.24, 2.45) is 5.92 Å². The Bertz CT molecular complexity index is 794. The molecule has 0 atom stereocenters. The van der Waals surface area contributed by atoms with Gasteiger partial charge in [0.2, 0.25) is 5.56 Å². The quantitative estimate of drug-likeness (QED) is 0.796. The first kappa shape index (κ1) is 17.5. The molecule has 0 unspecified atom stereocenters. The van der Waals surface area contributed by atoms with E-state index in [2.05, 4.69) is 10.3 Å². The molecular formula is C19H25N3O3. The van der Waals surface area contributed by atoms with Crippen LogP contribution in [0.3, 0.4) is 0 Å². The summed E-state index contributed by atoms with van der Waals surface area (Å²) in [6, 6.07) is 9.19. The van der Waals surface area contributed by atoms with Crippen molar-refractivity contribution in [1.82, 2.24) is 15.2 Å². The molecule has 1 aliphatic rings. The summed E-state index contributed by atoms with van der Waals surface area (Å²) in [6.07, 6.45) is 3.75. The van der Waals surface area contributed by atoms with Crippen LogP contribution in [-0.2, 0) is 6.54 Å². The highest BCUT2D eigenvalue weighted by Gasteiger charge is 2.26. The predicted octanol–water partition coefficient (Wildman–Crippen LogP) is 2.22. The number of rotatable bonds is 4. The molecule has 0 saturated heterocycles. The molecule has 0 spiro atoms. The van der Waals surface area contributed by atoms with Gasteiger partial charge < -0.3 is 20.3 Å². The smallest absolute Gasteiger partial charge is 0.317 e. The van der Waals surface area contributed by atoms with Gasteiger partial charge in [0.1, 0.15) is 0 Å². The lowest BCUT2D eigenvalue weighted by Gasteiger charge is -2.34. The first-order valence-electron chi connectivity index (χ1n) is 8.81. The monoisotopic (exact) mass is 343 g/mol. The van der Waals surface area contributed by atoms with Gasteiger partial charge >= 0.3 is 6.03 Å². The SMILES string of the molecule is CN(C(=O)NCc1cc(=O)[nH]c2ccccc12)C1CCC(CO)CC1. The summed E-state index contributed by atoms with van der Waals surface area (Å²) >= 11 is 0. The van der Waals surface area contributed by atoms with Crippen LogP contribution in [-0.4, -0.2) is 40.7 Å². The molecule has 1 aliphatic carbocycles. The van der Waals surface area contributed by atoms with Crippen LogP contribution in [0, 0.1) is 5.92 Å². The average Bonchev–Trinajstić information content (AvgIpc) is 2.65. The number of benzene rings is 1. The third-order valence-corrected chi connectivity index (χ3v) is 5.21. The number of aliphatic hydroxyl groups is 1. The largest absolute Gasteiger partial charge is 0.396 e. The van der Waals surface area contributed by atoms with Crippen LogP contribution < -0.4 is 10.9 Å². The Morgan fingerprint density at radius 3 is 2.72 bits per heavy atom. The molecule has 6 nitrogen and oxygen atoms in total. The summed E-state index contributed by atoms with van der Waals surface area (Å²) < 4.78 is 0. The first-order chi connectivity index (χ1) is 12.1. The van der Waals surface area contributed by atoms with Gasteiger partial charge in [-0.25, -0.2) is 4.79 Å². The van der Waals surface area contributed by atoms with Crippen LogP contribution in [0.1, 0.15) is 31.2 Å². The lowest BCUT2D eigenvalue weighted by Crippen LogP contribution is -2.45. The van der Waals surface area contributed by atoms with Crippen LogP contribution in [0.5, 0.6) is 0 Å². The van der Waals surface area contributed by atoms with Crippen molar-refractivity contribution < 1.29 is 9.90 Å². The number of carbonyl (C=O) groups excluding carboxylic acids is 1. The second-order valence-electron chi connectivity index (χ2n) is 6.83. The average molecular weight is 343 g/mol. The molecule has 3 rings (SSSR count). The van der Waals surface area contributed by atoms with Crippen molar-refractivity contribution in [2.75, 3.05) is 13.7 Å². The van der Waals surface area contributed by atoms with Crippen molar-refractivity contribution in [1.29, 1.82) is 0 Å². The molecule has 134 valence electrons. The van der Waals surface area contributed by atoms with Gasteiger partial charge in [-0.1, -0.05) is 18.2 Å². The Kier molecular flexibility index (Phi) is 5.38. The number of carbonyl (C=O) groups is 1. The van der Waals surface area contributed by atoms with Gasteiger partial charge in [0.25, 0.3) is 0 Å². The molecule has 2 amide bonds. The van der Waals surface area contributed by atoms with Gasteiger partial charge in [-0.3, -0.25) is 4.79 Å². The minimum Gasteiger partial charge on any atom is -0.396 e. The number of H-pyrrole nitrogens is 1. The number of aliphatic hydroxyl groups excluding tert-OH is 1. The Morgan fingerprint density at radius 2 is 2.00 bits per heavy atom. The number of hydrogen-bond acceptors (Lipinski definition) is 3. The van der Waals surface area contributed by atoms with Crippen LogP contribution in [0.4, 0.5) is 4.79 Å². The van der Waals surface area contributed by atoms with E-state index in [4.69, 9.17) is 0 Å². The van der Waals surface area contributed by atoms with E-state index in [0.717, 1.165) is 42.1 Å². The Labute approximate surface area is 146 Å². The van der Waals surface area contributed by atoms with Crippen molar-refractivity contribution in [3.05, 3.63) is 46.2 Å². The molecule has 1 heterocycles. The maximum Gasteiger partial charge on any atom is 0.317 e. The van der Waals surface area contributed by atoms with Gasteiger partial charge in [-0.15, -0.1) is 0 Å². The lowest BCUT2D eigenvalue weighted by atomic mass is 9.86. The molecule has 0 bridgehead atoms. The van der Waals surface area contributed by atoms with Gasteiger partial charge in [0.05, 0.1) is 0 Å². The minimum atomic E-state index is -0.168. The number of amides is 2. The van der Waals surface area contributed by atoms with Gasteiger partial charge in [0.15, 0.2) is 0 Å². The van der Waals surface area contributed by atoms with Crippen LogP contribution in [0.25, 0.3) is 10.9 Å². The maximum absolute atomic E-state index is 12.5. The van der Waals surface area contributed by atoms with Crippen LogP contribution in [0.15, 0.2) is 35.1 Å². The molecule has 1 aromatic heterocycles. The molecule has 1 aromatic carbocycles. The highest BCUT2D eigenvalue weighted by Crippen LogP contribution is 2.26. The summed E-state index contributed by atoms with van der Waals surface area (Å²) in [5.41, 5.74) is 1.42. The minimum absolute atomic E-state index is 0.128. The topological polar surface area (TPSA) is 85.4 Å². The zero-order valence-corrected chi connectivity index (χ0v) is 14.5. The van der Waals surface area contributed by atoms with E-state index in [-0.39, 0.29) is 24.2 Å². The fourth-order valence-corrected chi connectivity index (χ4v) is 3.60. The summed E-state index contributed by atoms with van der Waals surface area (Å²) in [5, 5.41) is 13.1. The molecule has 0 radical (unpaired) electrons. The highest BCUT2D eigenvalue weighted by atomic mass is 16.3. The molecule has 1 fully saturated rings. The zero-order chi connectivity index (χ0) is 17.8. The lowest BCUT2D eigenvalue weighted by molar-refractivity contribution is 0.134. The second-order valence-corrected chi connectivity index (χ2v) is 6.83. The third-order valence-electron chi connectivity index (χ3n) is 5.21. The molecule has 2 aromatic rings. The summed E-state index contributed by atoms with van der Waals surface area (Å²) in [5.74, 6) is 0.370. The second kappa shape index (κ2) is 7.70. The van der Waals surface area contributed by atoms with Gasteiger partial charge in [-0.05, 0) is 43.2 Å². The van der Waals surface area contributed by atoms with Crippen LogP contribution >= 0.6 is 0 Å². The Balaban J connectivity index is 1.64. The summed E-state index contributed by atoms with van der Waals surface area (Å²) in [4.78, 5) is 28.8. The molecule has 1 saturated carbocycles. The number of nitrogens with zero attached hydrogens (tertiary/aromatic N) is 1. The van der Waals surface area contributed by atoms with E-state index in [0.29, 0.717) is 12.5 Å². The molecule has 6 heteroatoms. The number of para-hydroxylation sites is 1. The molecule has 3 N–H and O–H groups in total. The van der Waals surface area contributed by atoms with E-state index in [1.807, 2.05) is 31.3 Å². The summed E-state index contributed by atoms with van der Waals surface area (Å²) in [6.45, 7) is 0.553. The fraction of sp³-hybridized carbons (Fsp3) is 0.474. The molecular weight excluding hydrogens is 318 g/mol. The van der Waals surface area contributed by atoms with Crippen LogP contribution in [0.2, 0.25) is 0 Å². The zero-order valence-electron chi connectivity index (χ0n) is 14.5. The Morgan fingerprint density at radius 1 is 1.28 bits per heavy atom. The molecule has 0 aliphatic heterocycles.